The predicted octanol–water partition coefficient (Wildman–Crippen LogP) is 7.11. The van der Waals surface area contributed by atoms with Crippen LogP contribution in [-0.2, 0) is 0 Å². The normalized spacial score (nSPS) is 11.0. The molecule has 42 heavy (non-hydrogen) atoms. The molecule has 0 aliphatic carbocycles. The molecule has 0 unspecified atom stereocenters. The predicted molar refractivity (Wildman–Crippen MR) is 158 cm³/mol. The molecule has 0 fully saturated rings. The van der Waals surface area contributed by atoms with Gasteiger partial charge in [-0.2, -0.15) is 13.8 Å². The zero-order valence-electron chi connectivity index (χ0n) is 23.9. The summed E-state index contributed by atoms with van der Waals surface area (Å²) in [5.74, 6) is 1.11. The molecule has 0 saturated heterocycles. The number of nitrogens with one attached hydrogen (secondary N) is 1. The second-order valence-corrected chi connectivity index (χ2v) is 9.66. The van der Waals surface area contributed by atoms with Crippen LogP contribution in [0.2, 0.25) is 0 Å². The molecule has 1 amide bonds. The molecule has 4 rings (SSSR count). The third kappa shape index (κ3) is 8.14. The van der Waals surface area contributed by atoms with Crippen molar-refractivity contribution in [3.63, 3.8) is 0 Å². The molecule has 1 aromatic heterocycles. The molecule has 0 atom stereocenters. The van der Waals surface area contributed by atoms with E-state index in [0.29, 0.717) is 18.0 Å². The van der Waals surface area contributed by atoms with E-state index in [1.807, 2.05) is 44.4 Å². The Morgan fingerprint density at radius 3 is 2.36 bits per heavy atom. The molecule has 9 nitrogen and oxygen atoms in total. The highest BCUT2D eigenvalue weighted by Crippen LogP contribution is 2.36. The van der Waals surface area contributed by atoms with Gasteiger partial charge in [0, 0.05) is 24.5 Å². The van der Waals surface area contributed by atoms with Crippen molar-refractivity contribution in [3.8, 4) is 17.2 Å². The zero-order chi connectivity index (χ0) is 30.1. The minimum atomic E-state index is -3.11. The number of aromatic nitrogens is 2. The number of anilines is 4. The summed E-state index contributed by atoms with van der Waals surface area (Å²) in [5.41, 5.74) is 2.17. The number of benzene rings is 3. The van der Waals surface area contributed by atoms with Crippen molar-refractivity contribution >= 4 is 29.2 Å². The van der Waals surface area contributed by atoms with E-state index in [9.17, 15) is 13.6 Å². The smallest absolute Gasteiger partial charge is 0.425 e. The highest BCUT2D eigenvalue weighted by molar-refractivity contribution is 5.98. The van der Waals surface area contributed by atoms with Gasteiger partial charge in [0.2, 0.25) is 5.95 Å². The van der Waals surface area contributed by atoms with Crippen LogP contribution in [0, 0.1) is 13.8 Å². The van der Waals surface area contributed by atoms with Crippen LogP contribution >= 0.6 is 0 Å². The Balaban J connectivity index is 1.61. The number of halogens is 2. The lowest BCUT2D eigenvalue weighted by Gasteiger charge is -2.24. The van der Waals surface area contributed by atoms with Gasteiger partial charge in [-0.25, -0.2) is 14.7 Å². The van der Waals surface area contributed by atoms with Crippen molar-refractivity contribution < 1.29 is 27.8 Å². The first-order valence-corrected chi connectivity index (χ1v) is 13.3. The molecule has 1 heterocycles. The number of amides is 1. The Bertz CT molecular complexity index is 1460. The third-order valence-corrected chi connectivity index (χ3v) is 6.10. The topological polar surface area (TPSA) is 89.0 Å². The van der Waals surface area contributed by atoms with Crippen molar-refractivity contribution in [1.82, 2.24) is 14.9 Å². The van der Waals surface area contributed by atoms with Crippen LogP contribution in [0.4, 0.5) is 36.7 Å². The van der Waals surface area contributed by atoms with Gasteiger partial charge in [-0.3, -0.25) is 0 Å². The number of rotatable bonds is 12. The first kappa shape index (κ1) is 30.2. The average Bonchev–Trinajstić information content (AvgIpc) is 2.95. The van der Waals surface area contributed by atoms with Crippen LogP contribution in [0.5, 0.6) is 17.2 Å². The van der Waals surface area contributed by atoms with Crippen molar-refractivity contribution in [1.29, 1.82) is 0 Å². The number of hydrogen-bond donors (Lipinski definition) is 1. The minimum absolute atomic E-state index is 0.0226. The van der Waals surface area contributed by atoms with Crippen molar-refractivity contribution in [2.75, 3.05) is 37.5 Å². The Kier molecular flexibility index (Phi) is 10.2. The Hall–Kier alpha value is -4.77. The fourth-order valence-electron chi connectivity index (χ4n) is 4.11. The van der Waals surface area contributed by atoms with E-state index in [0.717, 1.165) is 34.7 Å². The SMILES string of the molecule is Cc1cccc(C)c1OC(=O)N(c1ccnc(Nc2ccc(OCCCN(C)C)cc2)n1)c1ccccc1OC(F)F. The molecular formula is C31H33F2N5O4. The van der Waals surface area contributed by atoms with Gasteiger partial charge < -0.3 is 24.4 Å². The van der Waals surface area contributed by atoms with Gasteiger partial charge in [0.15, 0.2) is 0 Å². The van der Waals surface area contributed by atoms with E-state index in [1.54, 1.807) is 32.0 Å². The number of aryl methyl sites for hydroxylation is 2. The van der Waals surface area contributed by atoms with Crippen LogP contribution < -0.4 is 24.4 Å². The number of ether oxygens (including phenoxy) is 3. The number of nitrogens with zero attached hydrogens (tertiary/aromatic N) is 4. The van der Waals surface area contributed by atoms with Crippen LogP contribution in [0.3, 0.4) is 0 Å². The second-order valence-electron chi connectivity index (χ2n) is 9.66. The Morgan fingerprint density at radius 2 is 1.67 bits per heavy atom. The van der Waals surface area contributed by atoms with Crippen LogP contribution in [-0.4, -0.2) is 54.8 Å². The lowest BCUT2D eigenvalue weighted by Crippen LogP contribution is -2.31. The molecule has 11 heteroatoms. The summed E-state index contributed by atoms with van der Waals surface area (Å²) in [6, 6.07) is 20.1. The molecule has 0 saturated carbocycles. The van der Waals surface area contributed by atoms with Gasteiger partial charge in [0.1, 0.15) is 23.1 Å². The van der Waals surface area contributed by atoms with Gasteiger partial charge >= 0.3 is 12.7 Å². The summed E-state index contributed by atoms with van der Waals surface area (Å²) in [5, 5.41) is 3.10. The number of para-hydroxylation sites is 3. The maximum atomic E-state index is 13.7. The first-order chi connectivity index (χ1) is 20.2. The molecular weight excluding hydrogens is 544 g/mol. The lowest BCUT2D eigenvalue weighted by molar-refractivity contribution is -0.0494. The highest BCUT2D eigenvalue weighted by Gasteiger charge is 2.27. The van der Waals surface area contributed by atoms with Gasteiger partial charge in [0.25, 0.3) is 0 Å². The standard InChI is InChI=1S/C31H33F2N5O4/c1-21-9-7-10-22(2)28(21)42-31(39)38(25-11-5-6-12-26(25)41-29(32)33)27-17-18-34-30(36-27)35-23-13-15-24(16-14-23)40-20-8-19-37(3)4/h5-7,9-18,29H,8,19-20H2,1-4H3,(H,34,35,36). The fourth-order valence-corrected chi connectivity index (χ4v) is 4.11. The van der Waals surface area contributed by atoms with E-state index in [-0.39, 0.29) is 23.2 Å². The third-order valence-electron chi connectivity index (χ3n) is 6.10. The summed E-state index contributed by atoms with van der Waals surface area (Å²) < 4.78 is 42.8. The largest absolute Gasteiger partial charge is 0.494 e. The summed E-state index contributed by atoms with van der Waals surface area (Å²) >= 11 is 0. The molecule has 220 valence electrons. The fraction of sp³-hybridized carbons (Fsp3) is 0.258. The molecule has 0 bridgehead atoms. The quantitative estimate of drug-likeness (QED) is 0.178. The van der Waals surface area contributed by atoms with Crippen molar-refractivity contribution in [2.24, 2.45) is 0 Å². The summed E-state index contributed by atoms with van der Waals surface area (Å²) in [6.07, 6.45) is 1.49. The van der Waals surface area contributed by atoms with Crippen LogP contribution in [0.25, 0.3) is 0 Å². The van der Waals surface area contributed by atoms with Crippen molar-refractivity contribution in [3.05, 3.63) is 90.1 Å². The van der Waals surface area contributed by atoms with Gasteiger partial charge in [-0.1, -0.05) is 30.3 Å². The second kappa shape index (κ2) is 14.2. The minimum Gasteiger partial charge on any atom is -0.494 e. The molecule has 0 radical (unpaired) electrons. The summed E-state index contributed by atoms with van der Waals surface area (Å²) in [6.45, 7) is 2.04. The molecule has 3 aromatic carbocycles. The monoisotopic (exact) mass is 577 g/mol. The van der Waals surface area contributed by atoms with Gasteiger partial charge in [-0.05, 0) is 81.9 Å². The number of carbonyl (C=O) groups is 1. The Labute approximate surface area is 243 Å². The maximum Gasteiger partial charge on any atom is 0.425 e. The average molecular weight is 578 g/mol. The van der Waals surface area contributed by atoms with E-state index in [2.05, 4.69) is 20.2 Å². The van der Waals surface area contributed by atoms with Gasteiger partial charge in [-0.15, -0.1) is 0 Å². The van der Waals surface area contributed by atoms with E-state index in [4.69, 9.17) is 14.2 Å². The van der Waals surface area contributed by atoms with E-state index < -0.39 is 12.7 Å². The Morgan fingerprint density at radius 1 is 0.952 bits per heavy atom. The lowest BCUT2D eigenvalue weighted by atomic mass is 10.1. The van der Waals surface area contributed by atoms with Crippen LogP contribution in [0.1, 0.15) is 17.5 Å². The molecule has 4 aromatic rings. The molecule has 1 N–H and O–H groups in total. The van der Waals surface area contributed by atoms with E-state index in [1.165, 1.54) is 30.5 Å². The summed E-state index contributed by atoms with van der Waals surface area (Å²) in [7, 11) is 4.03. The maximum absolute atomic E-state index is 13.7. The summed E-state index contributed by atoms with van der Waals surface area (Å²) in [4.78, 5) is 25.6. The van der Waals surface area contributed by atoms with Crippen molar-refractivity contribution in [2.45, 2.75) is 26.9 Å². The first-order valence-electron chi connectivity index (χ1n) is 13.3. The number of hydrogen-bond acceptors (Lipinski definition) is 8. The highest BCUT2D eigenvalue weighted by atomic mass is 19.3. The molecule has 0 aliphatic heterocycles. The molecule has 0 spiro atoms. The van der Waals surface area contributed by atoms with E-state index >= 15 is 0 Å². The van der Waals surface area contributed by atoms with Crippen LogP contribution in [0.15, 0.2) is 79.0 Å². The van der Waals surface area contributed by atoms with Gasteiger partial charge in [0.05, 0.1) is 12.3 Å². The number of carbonyl (C=O) groups excluding carboxylic acids is 1. The molecule has 0 aliphatic rings. The number of alkyl halides is 2. The zero-order valence-corrected chi connectivity index (χ0v) is 23.9.